The topological polar surface area (TPSA) is 142 Å². The van der Waals surface area contributed by atoms with Gasteiger partial charge in [-0.3, -0.25) is 24.1 Å². The Morgan fingerprint density at radius 2 is 1.61 bits per heavy atom. The summed E-state index contributed by atoms with van der Waals surface area (Å²) >= 11 is 1.41. The molecule has 2 aromatic rings. The molecule has 1 aliphatic heterocycles. The van der Waals surface area contributed by atoms with E-state index in [2.05, 4.69) is 10.6 Å². The number of aliphatic hydroxyl groups is 1. The van der Waals surface area contributed by atoms with Crippen molar-refractivity contribution in [2.24, 2.45) is 23.5 Å². The second kappa shape index (κ2) is 18.7. The Labute approximate surface area is 296 Å². The van der Waals surface area contributed by atoms with Crippen molar-refractivity contribution < 1.29 is 24.3 Å². The van der Waals surface area contributed by atoms with Crippen molar-refractivity contribution >= 4 is 35.4 Å². The summed E-state index contributed by atoms with van der Waals surface area (Å²) < 4.78 is 0. The number of nitrogens with one attached hydrogen (secondary N) is 2. The minimum absolute atomic E-state index is 0.0406. The van der Waals surface area contributed by atoms with E-state index in [0.29, 0.717) is 25.3 Å². The fourth-order valence-electron chi connectivity index (χ4n) is 6.90. The molecular formula is C39H56N4O5S. The van der Waals surface area contributed by atoms with Gasteiger partial charge in [-0.25, -0.2) is 0 Å². The van der Waals surface area contributed by atoms with Gasteiger partial charge in [0.2, 0.25) is 23.6 Å². The second-order valence-corrected chi connectivity index (χ2v) is 16.0. The molecule has 5 atom stereocenters. The summed E-state index contributed by atoms with van der Waals surface area (Å²) in [5.74, 6) is -1.30. The van der Waals surface area contributed by atoms with E-state index in [1.165, 1.54) is 11.8 Å². The monoisotopic (exact) mass is 692 g/mol. The van der Waals surface area contributed by atoms with Crippen molar-refractivity contribution in [1.82, 2.24) is 15.5 Å². The first-order valence-electron chi connectivity index (χ1n) is 18.1. The highest BCUT2D eigenvalue weighted by molar-refractivity contribution is 8.01. The second-order valence-electron chi connectivity index (χ2n) is 14.7. The molecule has 0 saturated heterocycles. The average Bonchev–Trinajstić information content (AvgIpc) is 3.52. The van der Waals surface area contributed by atoms with Crippen LogP contribution in [0.3, 0.4) is 0 Å². The summed E-state index contributed by atoms with van der Waals surface area (Å²) in [7, 11) is 0. The predicted octanol–water partition coefficient (Wildman–Crippen LogP) is 5.02. The zero-order valence-corrected chi connectivity index (χ0v) is 30.4. The normalized spacial score (nSPS) is 18.7. The number of amides is 4. The van der Waals surface area contributed by atoms with Crippen LogP contribution in [0.25, 0.3) is 0 Å². The molecule has 268 valence electrons. The fraction of sp³-hybridized carbons (Fsp3) is 0.590. The number of hydrogen-bond donors (Lipinski definition) is 4. The molecule has 2 aromatic carbocycles. The zero-order chi connectivity index (χ0) is 35.5. The van der Waals surface area contributed by atoms with Gasteiger partial charge in [0.05, 0.1) is 29.9 Å². The molecule has 0 bridgehead atoms. The number of nitrogens with zero attached hydrogens (tertiary/aromatic N) is 1. The van der Waals surface area contributed by atoms with Gasteiger partial charge in [-0.2, -0.15) is 0 Å². The molecule has 0 radical (unpaired) electrons. The van der Waals surface area contributed by atoms with Gasteiger partial charge in [0.15, 0.2) is 0 Å². The number of fused-ring (bicyclic) bond motifs is 1. The molecule has 0 aromatic heterocycles. The number of benzene rings is 2. The maximum Gasteiger partial charge on any atom is 0.247 e. The smallest absolute Gasteiger partial charge is 0.247 e. The number of nitrogens with two attached hydrogens (primary N) is 1. The molecule has 49 heavy (non-hydrogen) atoms. The third-order valence-electron chi connectivity index (χ3n) is 9.53. The Morgan fingerprint density at radius 3 is 2.27 bits per heavy atom. The van der Waals surface area contributed by atoms with E-state index in [-0.39, 0.29) is 37.0 Å². The van der Waals surface area contributed by atoms with Gasteiger partial charge in [0, 0.05) is 11.4 Å². The predicted molar refractivity (Wildman–Crippen MR) is 195 cm³/mol. The van der Waals surface area contributed by atoms with Crippen LogP contribution in [0.2, 0.25) is 0 Å². The number of thioether (sulfide) groups is 1. The standard InChI is InChI=1S/C39H56N4O5S/c1-25(2)19-32(37(46)42-31(21-28-15-9-6-10-16-28)33(44)23-36(45)41-24-26(3)4)43(38(47)30(40)20-27-13-7-5-8-14-27)39(48)35-22-29-17-11-12-18-34(29)49-35/h5,7-8,11-14,17-18,25-26,28,30-33,35,44H,6,9-10,15-16,19-24,40H2,1-4H3,(H,41,45)(H,42,46)/t30?,31-,32-,33-,35-/m0/s1. The van der Waals surface area contributed by atoms with Gasteiger partial charge in [0.25, 0.3) is 0 Å². The summed E-state index contributed by atoms with van der Waals surface area (Å²) in [5.41, 5.74) is 8.44. The van der Waals surface area contributed by atoms with Crippen LogP contribution >= 0.6 is 11.8 Å². The lowest BCUT2D eigenvalue weighted by molar-refractivity contribution is -0.153. The van der Waals surface area contributed by atoms with Crippen LogP contribution in [0, 0.1) is 17.8 Å². The third kappa shape index (κ3) is 11.4. The van der Waals surface area contributed by atoms with Crippen molar-refractivity contribution in [3.63, 3.8) is 0 Å². The molecule has 1 aliphatic carbocycles. The largest absolute Gasteiger partial charge is 0.390 e. The fourth-order valence-corrected chi connectivity index (χ4v) is 8.14. The highest BCUT2D eigenvalue weighted by atomic mass is 32.2. The van der Waals surface area contributed by atoms with Gasteiger partial charge < -0.3 is 21.5 Å². The van der Waals surface area contributed by atoms with Crippen LogP contribution in [0.15, 0.2) is 59.5 Å². The van der Waals surface area contributed by atoms with E-state index in [1.54, 1.807) is 0 Å². The van der Waals surface area contributed by atoms with E-state index >= 15 is 0 Å². The summed E-state index contributed by atoms with van der Waals surface area (Å²) in [4.78, 5) is 58.2. The molecule has 4 rings (SSSR count). The maximum absolute atomic E-state index is 14.5. The van der Waals surface area contributed by atoms with Gasteiger partial charge in [-0.15, -0.1) is 11.8 Å². The molecule has 1 saturated carbocycles. The van der Waals surface area contributed by atoms with Crippen LogP contribution < -0.4 is 16.4 Å². The lowest BCUT2D eigenvalue weighted by Crippen LogP contribution is -2.61. The van der Waals surface area contributed by atoms with E-state index in [4.69, 9.17) is 5.73 Å². The Balaban J connectivity index is 1.63. The highest BCUT2D eigenvalue weighted by Crippen LogP contribution is 2.38. The maximum atomic E-state index is 14.5. The Morgan fingerprint density at radius 1 is 0.939 bits per heavy atom. The number of carbonyl (C=O) groups is 4. The van der Waals surface area contributed by atoms with Crippen LogP contribution in [-0.4, -0.2) is 69.7 Å². The Bertz CT molecular complexity index is 1370. The SMILES string of the molecule is CC(C)CNC(=O)C[C@H](O)[C@H](CC1CCCCC1)NC(=O)[C@H](CC(C)C)N(C(=O)C(N)Cc1ccccc1)C(=O)[C@@H]1Cc2ccccc2S1. The van der Waals surface area contributed by atoms with Crippen molar-refractivity contribution in [2.45, 2.75) is 126 Å². The molecule has 2 aliphatic rings. The van der Waals surface area contributed by atoms with Gasteiger partial charge in [-0.1, -0.05) is 108 Å². The summed E-state index contributed by atoms with van der Waals surface area (Å²) in [6.45, 7) is 8.39. The van der Waals surface area contributed by atoms with Crippen LogP contribution in [-0.2, 0) is 32.0 Å². The Hall–Kier alpha value is -3.21. The van der Waals surface area contributed by atoms with Gasteiger partial charge in [0.1, 0.15) is 6.04 Å². The van der Waals surface area contributed by atoms with E-state index < -0.39 is 47.2 Å². The molecule has 1 fully saturated rings. The van der Waals surface area contributed by atoms with Crippen LogP contribution in [0.1, 0.15) is 90.2 Å². The van der Waals surface area contributed by atoms with Crippen LogP contribution in [0.5, 0.6) is 0 Å². The minimum Gasteiger partial charge on any atom is -0.390 e. The molecule has 10 heteroatoms. The summed E-state index contributed by atoms with van der Waals surface area (Å²) in [5, 5.41) is 16.8. The van der Waals surface area contributed by atoms with E-state index in [9.17, 15) is 24.3 Å². The quantitative estimate of drug-likeness (QED) is 0.194. The minimum atomic E-state index is -1.14. The first-order valence-corrected chi connectivity index (χ1v) is 19.0. The van der Waals surface area contributed by atoms with Crippen molar-refractivity contribution in [3.05, 3.63) is 65.7 Å². The number of aliphatic hydroxyl groups excluding tert-OH is 1. The molecule has 1 heterocycles. The number of imide groups is 1. The molecular weight excluding hydrogens is 637 g/mol. The molecule has 4 amide bonds. The van der Waals surface area contributed by atoms with Crippen molar-refractivity contribution in [3.8, 4) is 0 Å². The molecule has 5 N–H and O–H groups in total. The lowest BCUT2D eigenvalue weighted by atomic mass is 9.83. The van der Waals surface area contributed by atoms with E-state index in [1.807, 2.05) is 82.3 Å². The summed E-state index contributed by atoms with van der Waals surface area (Å²) in [6.07, 6.45) is 5.44. The number of carbonyl (C=O) groups excluding carboxylic acids is 4. The Kier molecular flexibility index (Phi) is 14.7. The van der Waals surface area contributed by atoms with Gasteiger partial charge in [-0.05, 0) is 60.6 Å². The van der Waals surface area contributed by atoms with E-state index in [0.717, 1.165) is 53.0 Å². The van der Waals surface area contributed by atoms with Crippen molar-refractivity contribution in [2.75, 3.05) is 6.54 Å². The van der Waals surface area contributed by atoms with Gasteiger partial charge >= 0.3 is 0 Å². The van der Waals surface area contributed by atoms with Crippen molar-refractivity contribution in [1.29, 1.82) is 0 Å². The average molecular weight is 693 g/mol. The first kappa shape index (κ1) is 38.6. The molecule has 0 spiro atoms. The zero-order valence-electron chi connectivity index (χ0n) is 29.6. The first-order chi connectivity index (χ1) is 23.4. The highest BCUT2D eigenvalue weighted by Gasteiger charge is 2.43. The lowest BCUT2D eigenvalue weighted by Gasteiger charge is -2.36. The van der Waals surface area contributed by atoms with Crippen LogP contribution in [0.4, 0.5) is 0 Å². The summed E-state index contributed by atoms with van der Waals surface area (Å²) in [6, 6.07) is 14.3. The third-order valence-corrected chi connectivity index (χ3v) is 10.8. The number of rotatable bonds is 16. The molecule has 1 unspecified atom stereocenters. The molecule has 9 nitrogen and oxygen atoms in total. The number of hydrogen-bond acceptors (Lipinski definition) is 7.